The molecule has 2 heterocycles. The average Bonchev–Trinajstić information content (AvgIpc) is 2.87. The van der Waals surface area contributed by atoms with Crippen LogP contribution in [0.2, 0.25) is 0 Å². The molecule has 8 heteroatoms. The summed E-state index contributed by atoms with van der Waals surface area (Å²) < 4.78 is 1.46. The highest BCUT2D eigenvalue weighted by Gasteiger charge is 2.23. The van der Waals surface area contributed by atoms with Crippen LogP contribution in [0.4, 0.5) is 0 Å². The third-order valence-corrected chi connectivity index (χ3v) is 3.27. The van der Waals surface area contributed by atoms with Crippen LogP contribution in [0.1, 0.15) is 48.2 Å². The van der Waals surface area contributed by atoms with Crippen molar-refractivity contribution in [1.82, 2.24) is 24.9 Å². The number of nitrogens with zero attached hydrogens (tertiary/aromatic N) is 4. The fraction of sp³-hybridized carbons (Fsp3) is 0.500. The molecular formula is C14H19N5O3. The molecular weight excluding hydrogens is 286 g/mol. The van der Waals surface area contributed by atoms with Gasteiger partial charge in [0.1, 0.15) is 6.04 Å². The minimum Gasteiger partial charge on any atom is -0.480 e. The Labute approximate surface area is 127 Å². The van der Waals surface area contributed by atoms with E-state index >= 15 is 0 Å². The van der Waals surface area contributed by atoms with Gasteiger partial charge in [0.25, 0.3) is 11.7 Å². The first-order valence-electron chi connectivity index (χ1n) is 7.17. The molecule has 0 aliphatic rings. The normalized spacial score (nSPS) is 12.3. The van der Waals surface area contributed by atoms with Gasteiger partial charge < -0.3 is 10.4 Å². The molecule has 0 saturated heterocycles. The number of hydrogen-bond donors (Lipinski definition) is 2. The number of hydrogen-bond acceptors (Lipinski definition) is 5. The largest absolute Gasteiger partial charge is 0.480 e. The number of aliphatic carboxylic acids is 1. The van der Waals surface area contributed by atoms with Crippen molar-refractivity contribution in [3.05, 3.63) is 23.3 Å². The molecule has 2 aromatic heterocycles. The summed E-state index contributed by atoms with van der Waals surface area (Å²) >= 11 is 0. The van der Waals surface area contributed by atoms with E-state index in [0.29, 0.717) is 12.2 Å². The second-order valence-electron chi connectivity index (χ2n) is 5.19. The van der Waals surface area contributed by atoms with Gasteiger partial charge in [-0.15, -0.1) is 5.10 Å². The smallest absolute Gasteiger partial charge is 0.326 e. The second kappa shape index (κ2) is 6.50. The first kappa shape index (κ1) is 15.9. The Bertz CT molecular complexity index is 710. The summed E-state index contributed by atoms with van der Waals surface area (Å²) in [4.78, 5) is 31.6. The zero-order valence-electron chi connectivity index (χ0n) is 12.8. The average molecular weight is 305 g/mol. The zero-order valence-corrected chi connectivity index (χ0v) is 12.8. The van der Waals surface area contributed by atoms with Crippen LogP contribution in [0.5, 0.6) is 0 Å². The quantitative estimate of drug-likeness (QED) is 0.827. The first-order valence-corrected chi connectivity index (χ1v) is 7.17. The van der Waals surface area contributed by atoms with Crippen LogP contribution >= 0.6 is 0 Å². The van der Waals surface area contributed by atoms with Crippen molar-refractivity contribution in [2.24, 2.45) is 0 Å². The Morgan fingerprint density at radius 1 is 1.36 bits per heavy atom. The molecule has 118 valence electrons. The number of carboxylic acid groups (broad SMARTS) is 1. The molecule has 0 fully saturated rings. The summed E-state index contributed by atoms with van der Waals surface area (Å²) in [6, 6.07) is 0.889. The van der Waals surface area contributed by atoms with Crippen molar-refractivity contribution in [3.8, 4) is 0 Å². The molecule has 2 aromatic rings. The van der Waals surface area contributed by atoms with E-state index in [2.05, 4.69) is 20.4 Å². The number of aromatic nitrogens is 4. The lowest BCUT2D eigenvalue weighted by atomic mass is 10.1. The second-order valence-corrected chi connectivity index (χ2v) is 5.19. The van der Waals surface area contributed by atoms with Crippen LogP contribution in [-0.2, 0) is 4.79 Å². The van der Waals surface area contributed by atoms with Gasteiger partial charge in [-0.3, -0.25) is 4.79 Å². The zero-order chi connectivity index (χ0) is 16.3. The van der Waals surface area contributed by atoms with E-state index in [9.17, 15) is 9.59 Å². The maximum atomic E-state index is 12.1. The van der Waals surface area contributed by atoms with E-state index in [0.717, 1.165) is 24.2 Å². The van der Waals surface area contributed by atoms with Crippen LogP contribution in [0, 0.1) is 13.8 Å². The number of nitrogens with one attached hydrogen (secondary N) is 1. The van der Waals surface area contributed by atoms with E-state index in [1.807, 2.05) is 26.8 Å². The van der Waals surface area contributed by atoms with Gasteiger partial charge in [0.05, 0.1) is 0 Å². The standard InChI is InChI=1S/C14H19N5O3/c1-4-5-6-10(13(21)22)16-12(20)11-17-14-15-8(2)7-9(3)19(14)18-11/h7,10H,4-6H2,1-3H3,(H,16,20)(H,21,22). The lowest BCUT2D eigenvalue weighted by Gasteiger charge is -2.12. The summed E-state index contributed by atoms with van der Waals surface area (Å²) in [7, 11) is 0. The number of fused-ring (bicyclic) bond motifs is 1. The number of amides is 1. The third-order valence-electron chi connectivity index (χ3n) is 3.27. The monoisotopic (exact) mass is 305 g/mol. The predicted octanol–water partition coefficient (Wildman–Crippen LogP) is 1.11. The van der Waals surface area contributed by atoms with E-state index in [1.54, 1.807) is 0 Å². The number of rotatable bonds is 6. The van der Waals surface area contributed by atoms with E-state index in [4.69, 9.17) is 5.11 Å². The Morgan fingerprint density at radius 3 is 2.73 bits per heavy atom. The SMILES string of the molecule is CCCCC(NC(=O)c1nc2nc(C)cc(C)n2n1)C(=O)O. The first-order chi connectivity index (χ1) is 10.4. The molecule has 8 nitrogen and oxygen atoms in total. The maximum absolute atomic E-state index is 12.1. The molecule has 1 atom stereocenters. The van der Waals surface area contributed by atoms with Crippen molar-refractivity contribution in [2.75, 3.05) is 0 Å². The highest BCUT2D eigenvalue weighted by atomic mass is 16.4. The Balaban J connectivity index is 2.21. The van der Waals surface area contributed by atoms with Gasteiger partial charge in [0.2, 0.25) is 5.82 Å². The van der Waals surface area contributed by atoms with Gasteiger partial charge in [0, 0.05) is 11.4 Å². The molecule has 0 aromatic carbocycles. The van der Waals surface area contributed by atoms with Crippen LogP contribution < -0.4 is 5.32 Å². The summed E-state index contributed by atoms with van der Waals surface area (Å²) in [6.07, 6.45) is 1.95. The van der Waals surface area contributed by atoms with Crippen LogP contribution in [-0.4, -0.2) is 42.6 Å². The van der Waals surface area contributed by atoms with Gasteiger partial charge in [-0.2, -0.15) is 4.98 Å². The van der Waals surface area contributed by atoms with Crippen molar-refractivity contribution < 1.29 is 14.7 Å². The summed E-state index contributed by atoms with van der Waals surface area (Å²) in [6.45, 7) is 5.62. The van der Waals surface area contributed by atoms with Gasteiger partial charge >= 0.3 is 5.97 Å². The molecule has 0 bridgehead atoms. The molecule has 2 rings (SSSR count). The molecule has 0 aliphatic heterocycles. The highest BCUT2D eigenvalue weighted by Crippen LogP contribution is 2.06. The fourth-order valence-electron chi connectivity index (χ4n) is 2.15. The molecule has 0 saturated carbocycles. The van der Waals surface area contributed by atoms with E-state index in [1.165, 1.54) is 4.52 Å². The molecule has 2 N–H and O–H groups in total. The fourth-order valence-corrected chi connectivity index (χ4v) is 2.15. The number of unbranched alkanes of at least 4 members (excludes halogenated alkanes) is 1. The van der Waals surface area contributed by atoms with Gasteiger partial charge in [0.15, 0.2) is 0 Å². The number of carbonyl (C=O) groups excluding carboxylic acids is 1. The van der Waals surface area contributed by atoms with Crippen molar-refractivity contribution in [1.29, 1.82) is 0 Å². The number of carbonyl (C=O) groups is 2. The third kappa shape index (κ3) is 3.38. The molecule has 1 amide bonds. The minimum absolute atomic E-state index is 0.0797. The lowest BCUT2D eigenvalue weighted by Crippen LogP contribution is -2.41. The Hall–Kier alpha value is -2.51. The lowest BCUT2D eigenvalue weighted by molar-refractivity contribution is -0.139. The van der Waals surface area contributed by atoms with Crippen molar-refractivity contribution in [3.63, 3.8) is 0 Å². The van der Waals surface area contributed by atoms with Gasteiger partial charge in [-0.1, -0.05) is 19.8 Å². The van der Waals surface area contributed by atoms with Crippen molar-refractivity contribution in [2.45, 2.75) is 46.1 Å². The molecule has 22 heavy (non-hydrogen) atoms. The minimum atomic E-state index is -1.06. The predicted molar refractivity (Wildman–Crippen MR) is 78.7 cm³/mol. The summed E-state index contributed by atoms with van der Waals surface area (Å²) in [5.74, 6) is -1.42. The summed E-state index contributed by atoms with van der Waals surface area (Å²) in [5, 5.41) is 15.7. The maximum Gasteiger partial charge on any atom is 0.326 e. The Kier molecular flexibility index (Phi) is 4.69. The van der Waals surface area contributed by atoms with Gasteiger partial charge in [-0.05, 0) is 26.3 Å². The molecule has 0 radical (unpaired) electrons. The Morgan fingerprint density at radius 2 is 2.09 bits per heavy atom. The molecule has 1 unspecified atom stereocenters. The van der Waals surface area contributed by atoms with E-state index < -0.39 is 17.9 Å². The highest BCUT2D eigenvalue weighted by molar-refractivity contribution is 5.93. The van der Waals surface area contributed by atoms with Crippen LogP contribution in [0.25, 0.3) is 5.78 Å². The topological polar surface area (TPSA) is 109 Å². The van der Waals surface area contributed by atoms with E-state index in [-0.39, 0.29) is 5.82 Å². The van der Waals surface area contributed by atoms with Crippen LogP contribution in [0.3, 0.4) is 0 Å². The number of aryl methyl sites for hydroxylation is 2. The van der Waals surface area contributed by atoms with Gasteiger partial charge in [-0.25, -0.2) is 14.3 Å². The molecule has 0 spiro atoms. The van der Waals surface area contributed by atoms with Crippen molar-refractivity contribution >= 4 is 17.7 Å². The number of carboxylic acids is 1. The summed E-state index contributed by atoms with van der Waals surface area (Å²) in [5.41, 5.74) is 1.57. The molecule has 0 aliphatic carbocycles. The van der Waals surface area contributed by atoms with Crippen LogP contribution in [0.15, 0.2) is 6.07 Å².